The van der Waals surface area contributed by atoms with Gasteiger partial charge < -0.3 is 4.90 Å². The Morgan fingerprint density at radius 1 is 1.33 bits per heavy atom. The molecule has 2 saturated heterocycles. The fourth-order valence-electron chi connectivity index (χ4n) is 3.06. The first-order valence-electron chi connectivity index (χ1n) is 8.28. The number of hydrogen-bond acceptors (Lipinski definition) is 4. The van der Waals surface area contributed by atoms with Crippen LogP contribution in [0.4, 0.5) is 0 Å². The van der Waals surface area contributed by atoms with E-state index in [-0.39, 0.29) is 12.2 Å². The molecule has 2 fully saturated rings. The zero-order valence-electron chi connectivity index (χ0n) is 13.8. The Kier molecular flexibility index (Phi) is 6.76. The van der Waals surface area contributed by atoms with Crippen LogP contribution in [-0.2, 0) is 4.79 Å². The fourth-order valence-corrected chi connectivity index (χ4v) is 5.73. The Labute approximate surface area is 138 Å². The van der Waals surface area contributed by atoms with E-state index in [0.29, 0.717) is 23.0 Å². The Morgan fingerprint density at radius 2 is 2.10 bits per heavy atom. The van der Waals surface area contributed by atoms with Crippen LogP contribution in [0.15, 0.2) is 0 Å². The van der Waals surface area contributed by atoms with E-state index in [1.807, 2.05) is 23.5 Å². The summed E-state index contributed by atoms with van der Waals surface area (Å²) in [6, 6.07) is 0.0278. The average molecular weight is 331 g/mol. The molecule has 4 atom stereocenters. The summed E-state index contributed by atoms with van der Waals surface area (Å²) >= 11 is 4.08. The maximum Gasteiger partial charge on any atom is 0.241 e. The van der Waals surface area contributed by atoms with Gasteiger partial charge in [-0.05, 0) is 18.3 Å². The molecule has 122 valence electrons. The number of nitrogens with zero attached hydrogens (tertiary/aromatic N) is 1. The average Bonchev–Trinajstić information content (AvgIpc) is 2.76. The molecule has 0 spiro atoms. The van der Waals surface area contributed by atoms with Crippen LogP contribution in [-0.4, -0.2) is 52.1 Å². The maximum absolute atomic E-state index is 12.8. The standard InChI is InChI=1S/C16H30N2OS2/c1-5-12(4)15-16(19)18(14(17-15)8-11(2)3)9-13-10-20-6-7-21-13/h11-15,17H,5-10H2,1-4H3. The predicted molar refractivity (Wildman–Crippen MR) is 94.9 cm³/mol. The quantitative estimate of drug-likeness (QED) is 0.811. The lowest BCUT2D eigenvalue weighted by molar-refractivity contribution is -0.131. The van der Waals surface area contributed by atoms with Crippen molar-refractivity contribution in [3.05, 3.63) is 0 Å². The minimum Gasteiger partial charge on any atom is -0.325 e. The molecule has 0 aromatic carbocycles. The summed E-state index contributed by atoms with van der Waals surface area (Å²) in [5, 5.41) is 4.23. The zero-order valence-corrected chi connectivity index (χ0v) is 15.4. The van der Waals surface area contributed by atoms with E-state index in [2.05, 4.69) is 37.9 Å². The SMILES string of the molecule is CCC(C)C1NC(CC(C)C)N(CC2CSCCS2)C1=O. The normalized spacial score (nSPS) is 32.0. The molecule has 0 saturated carbocycles. The number of hydrogen-bond donors (Lipinski definition) is 1. The molecule has 0 bridgehead atoms. The van der Waals surface area contributed by atoms with Crippen LogP contribution in [0.25, 0.3) is 0 Å². The number of thioether (sulfide) groups is 2. The van der Waals surface area contributed by atoms with Crippen molar-refractivity contribution in [1.29, 1.82) is 0 Å². The summed E-state index contributed by atoms with van der Waals surface area (Å²) in [5.41, 5.74) is 0. The van der Waals surface area contributed by atoms with Gasteiger partial charge in [0.05, 0.1) is 12.2 Å². The smallest absolute Gasteiger partial charge is 0.241 e. The van der Waals surface area contributed by atoms with Gasteiger partial charge in [-0.25, -0.2) is 0 Å². The summed E-state index contributed by atoms with van der Waals surface area (Å²) in [5.74, 6) is 5.06. The second-order valence-corrected chi connectivity index (χ2v) is 9.29. The number of rotatable bonds is 6. The summed E-state index contributed by atoms with van der Waals surface area (Å²) < 4.78 is 0. The largest absolute Gasteiger partial charge is 0.325 e. The minimum absolute atomic E-state index is 0.0278. The van der Waals surface area contributed by atoms with Crippen LogP contribution in [0.1, 0.15) is 40.5 Å². The molecule has 0 aromatic rings. The van der Waals surface area contributed by atoms with E-state index in [1.165, 1.54) is 17.3 Å². The van der Waals surface area contributed by atoms with E-state index in [4.69, 9.17) is 0 Å². The lowest BCUT2D eigenvalue weighted by atomic mass is 9.99. The highest BCUT2D eigenvalue weighted by molar-refractivity contribution is 8.06. The van der Waals surface area contributed by atoms with Crippen LogP contribution in [0.5, 0.6) is 0 Å². The van der Waals surface area contributed by atoms with Crippen molar-refractivity contribution >= 4 is 29.4 Å². The molecular weight excluding hydrogens is 300 g/mol. The zero-order chi connectivity index (χ0) is 15.4. The minimum atomic E-state index is 0.0278. The Bertz CT molecular complexity index is 345. The van der Waals surface area contributed by atoms with Gasteiger partial charge in [0.15, 0.2) is 0 Å². The molecule has 1 amide bonds. The molecule has 1 N–H and O–H groups in total. The highest BCUT2D eigenvalue weighted by Gasteiger charge is 2.41. The van der Waals surface area contributed by atoms with Gasteiger partial charge in [0.2, 0.25) is 5.91 Å². The van der Waals surface area contributed by atoms with Gasteiger partial charge in [0.25, 0.3) is 0 Å². The van der Waals surface area contributed by atoms with Crippen LogP contribution in [0, 0.1) is 11.8 Å². The van der Waals surface area contributed by atoms with Crippen LogP contribution in [0.2, 0.25) is 0 Å². The molecule has 2 aliphatic rings. The summed E-state index contributed by atoms with van der Waals surface area (Å²) in [7, 11) is 0. The third-order valence-corrected chi connectivity index (χ3v) is 7.32. The second kappa shape index (κ2) is 8.11. The monoisotopic (exact) mass is 330 g/mol. The molecule has 5 heteroatoms. The van der Waals surface area contributed by atoms with E-state index < -0.39 is 0 Å². The maximum atomic E-state index is 12.8. The first-order chi connectivity index (χ1) is 10.0. The Balaban J connectivity index is 2.03. The summed E-state index contributed by atoms with van der Waals surface area (Å²) in [6.45, 7) is 9.77. The van der Waals surface area contributed by atoms with Gasteiger partial charge in [-0.2, -0.15) is 23.5 Å². The van der Waals surface area contributed by atoms with Gasteiger partial charge in [-0.3, -0.25) is 10.1 Å². The van der Waals surface area contributed by atoms with Gasteiger partial charge in [-0.1, -0.05) is 34.1 Å². The molecule has 21 heavy (non-hydrogen) atoms. The van der Waals surface area contributed by atoms with Crippen LogP contribution >= 0.6 is 23.5 Å². The molecule has 0 aromatic heterocycles. The first kappa shape index (κ1) is 17.5. The molecule has 0 aliphatic carbocycles. The van der Waals surface area contributed by atoms with Crippen molar-refractivity contribution in [2.45, 2.75) is 58.0 Å². The molecule has 2 heterocycles. The van der Waals surface area contributed by atoms with Gasteiger partial charge in [0, 0.05) is 29.1 Å². The van der Waals surface area contributed by atoms with Crippen molar-refractivity contribution in [3.8, 4) is 0 Å². The highest BCUT2D eigenvalue weighted by atomic mass is 32.2. The van der Waals surface area contributed by atoms with Crippen LogP contribution in [0.3, 0.4) is 0 Å². The molecule has 4 unspecified atom stereocenters. The van der Waals surface area contributed by atoms with E-state index in [9.17, 15) is 4.79 Å². The van der Waals surface area contributed by atoms with Gasteiger partial charge >= 0.3 is 0 Å². The van der Waals surface area contributed by atoms with Crippen LogP contribution < -0.4 is 5.32 Å². The summed E-state index contributed by atoms with van der Waals surface area (Å²) in [6.07, 6.45) is 2.35. The van der Waals surface area contributed by atoms with Crippen molar-refractivity contribution in [2.24, 2.45) is 11.8 Å². The lowest BCUT2D eigenvalue weighted by Gasteiger charge is -2.30. The first-order valence-corrected chi connectivity index (χ1v) is 10.5. The van der Waals surface area contributed by atoms with E-state index in [0.717, 1.165) is 19.4 Å². The predicted octanol–water partition coefficient (Wildman–Crippen LogP) is 3.05. The third kappa shape index (κ3) is 4.55. The Hall–Kier alpha value is 0.130. The van der Waals surface area contributed by atoms with Gasteiger partial charge in [-0.15, -0.1) is 0 Å². The van der Waals surface area contributed by atoms with Crippen molar-refractivity contribution in [3.63, 3.8) is 0 Å². The second-order valence-electron chi connectivity index (χ2n) is 6.73. The van der Waals surface area contributed by atoms with E-state index >= 15 is 0 Å². The van der Waals surface area contributed by atoms with Crippen molar-refractivity contribution in [1.82, 2.24) is 10.2 Å². The fraction of sp³-hybridized carbons (Fsp3) is 0.938. The highest BCUT2D eigenvalue weighted by Crippen LogP contribution is 2.29. The molecule has 0 radical (unpaired) electrons. The van der Waals surface area contributed by atoms with E-state index in [1.54, 1.807) is 0 Å². The Morgan fingerprint density at radius 3 is 2.67 bits per heavy atom. The number of carbonyl (C=O) groups is 1. The number of carbonyl (C=O) groups excluding carboxylic acids is 1. The number of amides is 1. The third-order valence-electron chi connectivity index (χ3n) is 4.49. The molecule has 3 nitrogen and oxygen atoms in total. The van der Waals surface area contributed by atoms with Gasteiger partial charge in [0.1, 0.15) is 0 Å². The molecule has 2 rings (SSSR count). The van der Waals surface area contributed by atoms with Crippen molar-refractivity contribution in [2.75, 3.05) is 23.8 Å². The number of nitrogens with one attached hydrogen (secondary N) is 1. The lowest BCUT2D eigenvalue weighted by Crippen LogP contribution is -2.43. The topological polar surface area (TPSA) is 32.3 Å². The molecular formula is C16H30N2OS2. The summed E-state index contributed by atoms with van der Waals surface area (Å²) in [4.78, 5) is 15.0. The molecule has 2 aliphatic heterocycles. The van der Waals surface area contributed by atoms with Crippen molar-refractivity contribution < 1.29 is 4.79 Å².